The van der Waals surface area contributed by atoms with Crippen LogP contribution in [-0.4, -0.2) is 30.8 Å². The van der Waals surface area contributed by atoms with E-state index in [1.807, 2.05) is 19.3 Å². The normalized spacial score (nSPS) is 17.0. The highest BCUT2D eigenvalue weighted by atomic mass is 16.4. The molecule has 0 bridgehead atoms. The van der Waals surface area contributed by atoms with Crippen molar-refractivity contribution < 1.29 is 9.90 Å². The molecule has 6 heteroatoms. The molecule has 0 aliphatic heterocycles. The van der Waals surface area contributed by atoms with Crippen molar-refractivity contribution in [3.05, 3.63) is 53.5 Å². The van der Waals surface area contributed by atoms with Crippen LogP contribution >= 0.6 is 0 Å². The van der Waals surface area contributed by atoms with E-state index >= 15 is 0 Å². The molecule has 2 aromatic heterocycles. The van der Waals surface area contributed by atoms with Gasteiger partial charge in [0.2, 0.25) is 0 Å². The number of aromatic nitrogens is 4. The zero-order chi connectivity index (χ0) is 21.0. The number of carboxylic acids is 1. The molecule has 3 aromatic rings. The molecule has 0 unspecified atom stereocenters. The number of benzene rings is 1. The van der Waals surface area contributed by atoms with Crippen LogP contribution < -0.4 is 0 Å². The van der Waals surface area contributed by atoms with Crippen LogP contribution in [0.5, 0.6) is 0 Å². The first-order valence-corrected chi connectivity index (χ1v) is 9.85. The highest BCUT2D eigenvalue weighted by molar-refractivity contribution is 5.88. The smallest absolute Gasteiger partial charge is 0.335 e. The second-order valence-corrected chi connectivity index (χ2v) is 9.14. The average Bonchev–Trinajstić information content (AvgIpc) is 3.07. The molecule has 6 nitrogen and oxygen atoms in total. The monoisotopic (exact) mass is 390 g/mol. The lowest BCUT2D eigenvalue weighted by atomic mass is 9.67. The van der Waals surface area contributed by atoms with Crippen molar-refractivity contribution in [1.82, 2.24) is 19.7 Å². The van der Waals surface area contributed by atoms with Gasteiger partial charge in [0.05, 0.1) is 34.5 Å². The fraction of sp³-hybridized carbons (Fsp3) is 0.391. The van der Waals surface area contributed by atoms with E-state index in [2.05, 4.69) is 32.8 Å². The largest absolute Gasteiger partial charge is 0.478 e. The average molecular weight is 390 g/mol. The van der Waals surface area contributed by atoms with Crippen molar-refractivity contribution in [2.45, 2.75) is 51.4 Å². The Kier molecular flexibility index (Phi) is 4.33. The molecular weight excluding hydrogens is 364 g/mol. The number of carboxylic acid groups (broad SMARTS) is 1. The van der Waals surface area contributed by atoms with Gasteiger partial charge < -0.3 is 5.11 Å². The third-order valence-electron chi connectivity index (χ3n) is 6.00. The molecule has 0 spiro atoms. The predicted octanol–water partition coefficient (Wildman–Crippen LogP) is 4.59. The van der Waals surface area contributed by atoms with Gasteiger partial charge in [0.1, 0.15) is 5.69 Å². The van der Waals surface area contributed by atoms with Gasteiger partial charge in [-0.2, -0.15) is 5.10 Å². The van der Waals surface area contributed by atoms with Gasteiger partial charge in [0, 0.05) is 23.4 Å². The summed E-state index contributed by atoms with van der Waals surface area (Å²) < 4.78 is 1.80. The number of nitrogens with zero attached hydrogens (tertiary/aromatic N) is 4. The first-order valence-electron chi connectivity index (χ1n) is 9.85. The van der Waals surface area contributed by atoms with Crippen LogP contribution in [0.1, 0.15) is 62.3 Å². The van der Waals surface area contributed by atoms with E-state index in [1.165, 1.54) is 0 Å². The third-order valence-corrected chi connectivity index (χ3v) is 6.00. The zero-order valence-corrected chi connectivity index (χ0v) is 17.5. The number of rotatable bonds is 3. The summed E-state index contributed by atoms with van der Waals surface area (Å²) in [4.78, 5) is 20.9. The summed E-state index contributed by atoms with van der Waals surface area (Å²) >= 11 is 0. The minimum Gasteiger partial charge on any atom is -0.478 e. The molecule has 1 aliphatic carbocycles. The number of hydrogen-bond acceptors (Lipinski definition) is 4. The lowest BCUT2D eigenvalue weighted by molar-refractivity contribution is 0.0697. The van der Waals surface area contributed by atoms with E-state index in [9.17, 15) is 4.79 Å². The van der Waals surface area contributed by atoms with Crippen molar-refractivity contribution in [3.8, 4) is 22.6 Å². The zero-order valence-electron chi connectivity index (χ0n) is 17.5. The molecule has 29 heavy (non-hydrogen) atoms. The number of carbonyl (C=O) groups is 1. The van der Waals surface area contributed by atoms with Crippen LogP contribution in [0.2, 0.25) is 0 Å². The molecule has 0 saturated heterocycles. The lowest BCUT2D eigenvalue weighted by Crippen LogP contribution is -2.36. The first-order chi connectivity index (χ1) is 13.6. The van der Waals surface area contributed by atoms with Gasteiger partial charge >= 0.3 is 5.97 Å². The molecule has 1 aromatic carbocycles. The van der Waals surface area contributed by atoms with Crippen molar-refractivity contribution in [2.75, 3.05) is 0 Å². The minimum atomic E-state index is -0.937. The van der Waals surface area contributed by atoms with Crippen LogP contribution in [0.15, 0.2) is 36.5 Å². The van der Waals surface area contributed by atoms with E-state index in [0.717, 1.165) is 46.9 Å². The van der Waals surface area contributed by atoms with Crippen LogP contribution in [0, 0.1) is 0 Å². The Balaban J connectivity index is 1.76. The fourth-order valence-electron chi connectivity index (χ4n) is 3.97. The molecule has 4 rings (SSSR count). The maximum atomic E-state index is 11.1. The molecule has 1 aliphatic rings. The molecule has 0 fully saturated rings. The Labute approximate surface area is 170 Å². The molecule has 1 N–H and O–H groups in total. The van der Waals surface area contributed by atoms with Crippen LogP contribution in [-0.2, 0) is 17.9 Å². The summed E-state index contributed by atoms with van der Waals surface area (Å²) in [5, 5.41) is 13.7. The van der Waals surface area contributed by atoms with Crippen molar-refractivity contribution >= 4 is 5.97 Å². The lowest BCUT2D eigenvalue weighted by Gasteiger charge is -2.39. The van der Waals surface area contributed by atoms with Crippen molar-refractivity contribution in [3.63, 3.8) is 0 Å². The molecule has 0 radical (unpaired) electrons. The molecule has 0 atom stereocenters. The van der Waals surface area contributed by atoms with Crippen molar-refractivity contribution in [1.29, 1.82) is 0 Å². The standard InChI is InChI=1S/C23H26N4O2/c1-22(2)10-11-23(3,4)20-19(22)24-13-17(25-20)18-12-16(26-27(18)5)14-6-8-15(9-7-14)21(28)29/h6-9,12-13H,10-11H2,1-5H3,(H,28,29). The fourth-order valence-corrected chi connectivity index (χ4v) is 3.97. The molecule has 2 heterocycles. The van der Waals surface area contributed by atoms with E-state index < -0.39 is 5.97 Å². The molecular formula is C23H26N4O2. The highest BCUT2D eigenvalue weighted by Gasteiger charge is 2.39. The van der Waals surface area contributed by atoms with Crippen LogP contribution in [0.25, 0.3) is 22.6 Å². The van der Waals surface area contributed by atoms with Crippen LogP contribution in [0.4, 0.5) is 0 Å². The first kappa shape index (κ1) is 19.3. The van der Waals surface area contributed by atoms with Gasteiger partial charge in [0.15, 0.2) is 0 Å². The number of aryl methyl sites for hydroxylation is 1. The quantitative estimate of drug-likeness (QED) is 0.707. The number of fused-ring (bicyclic) bond motifs is 1. The topological polar surface area (TPSA) is 80.9 Å². The van der Waals surface area contributed by atoms with Gasteiger partial charge in [-0.05, 0) is 31.0 Å². The summed E-state index contributed by atoms with van der Waals surface area (Å²) in [6.45, 7) is 8.94. The van der Waals surface area contributed by atoms with E-state index in [1.54, 1.807) is 28.9 Å². The summed E-state index contributed by atoms with van der Waals surface area (Å²) in [7, 11) is 1.89. The Morgan fingerprint density at radius 3 is 2.24 bits per heavy atom. The summed E-state index contributed by atoms with van der Waals surface area (Å²) in [6.07, 6.45) is 4.03. The van der Waals surface area contributed by atoms with Gasteiger partial charge in [-0.25, -0.2) is 9.78 Å². The SMILES string of the molecule is Cn1nc(-c2ccc(C(=O)O)cc2)cc1-c1cnc2c(n1)C(C)(C)CCC2(C)C. The highest BCUT2D eigenvalue weighted by Crippen LogP contribution is 2.44. The van der Waals surface area contributed by atoms with Gasteiger partial charge in [0.25, 0.3) is 0 Å². The number of hydrogen-bond donors (Lipinski definition) is 1. The summed E-state index contributed by atoms with van der Waals surface area (Å²) in [5.41, 5.74) is 5.76. The Hall–Kier alpha value is -3.02. The molecule has 0 saturated carbocycles. The maximum Gasteiger partial charge on any atom is 0.335 e. The maximum absolute atomic E-state index is 11.1. The Morgan fingerprint density at radius 2 is 1.62 bits per heavy atom. The van der Waals surface area contributed by atoms with E-state index in [-0.39, 0.29) is 16.4 Å². The predicted molar refractivity (Wildman–Crippen MR) is 112 cm³/mol. The van der Waals surface area contributed by atoms with Gasteiger partial charge in [-0.15, -0.1) is 0 Å². The Bertz CT molecular complexity index is 1090. The summed E-state index contributed by atoms with van der Waals surface area (Å²) in [5.74, 6) is -0.937. The van der Waals surface area contributed by atoms with Crippen LogP contribution in [0.3, 0.4) is 0 Å². The van der Waals surface area contributed by atoms with Gasteiger partial charge in [-0.3, -0.25) is 9.67 Å². The minimum absolute atomic E-state index is 0.0120. The second kappa shape index (κ2) is 6.51. The second-order valence-electron chi connectivity index (χ2n) is 9.14. The Morgan fingerprint density at radius 1 is 1.00 bits per heavy atom. The third kappa shape index (κ3) is 3.33. The molecule has 150 valence electrons. The summed E-state index contributed by atoms with van der Waals surface area (Å²) in [6, 6.07) is 8.72. The molecule has 0 amide bonds. The van der Waals surface area contributed by atoms with E-state index in [0.29, 0.717) is 0 Å². The van der Waals surface area contributed by atoms with Crippen molar-refractivity contribution in [2.24, 2.45) is 7.05 Å². The van der Waals surface area contributed by atoms with E-state index in [4.69, 9.17) is 15.1 Å². The van der Waals surface area contributed by atoms with Gasteiger partial charge in [-0.1, -0.05) is 39.8 Å². The number of aromatic carboxylic acids is 1.